The minimum absolute atomic E-state index is 0.843. The first-order chi connectivity index (χ1) is 19.8. The third kappa shape index (κ3) is 2.93. The highest BCUT2D eigenvalue weighted by atomic mass is 16.3. The molecule has 40 heavy (non-hydrogen) atoms. The Balaban J connectivity index is 1.42. The zero-order chi connectivity index (χ0) is 26.2. The zero-order valence-electron chi connectivity index (χ0n) is 21.5. The van der Waals surface area contributed by atoms with Gasteiger partial charge < -0.3 is 8.83 Å². The van der Waals surface area contributed by atoms with Crippen LogP contribution in [0.2, 0.25) is 0 Å². The SMILES string of the molecule is c1ccc2c(-c3c4ccccc4c(-c4ccc5oc6ccc7ccoc7c6c5c4)c4ccccc34)cccc2c1. The molecule has 0 fully saturated rings. The van der Waals surface area contributed by atoms with E-state index in [1.54, 1.807) is 6.26 Å². The highest BCUT2D eigenvalue weighted by Gasteiger charge is 2.19. The van der Waals surface area contributed by atoms with Gasteiger partial charge >= 0.3 is 0 Å². The van der Waals surface area contributed by atoms with Crippen LogP contribution in [-0.2, 0) is 0 Å². The molecule has 0 N–H and O–H groups in total. The molecule has 9 rings (SSSR count). The van der Waals surface area contributed by atoms with Gasteiger partial charge in [-0.25, -0.2) is 0 Å². The molecule has 0 aliphatic carbocycles. The highest BCUT2D eigenvalue weighted by molar-refractivity contribution is 6.24. The van der Waals surface area contributed by atoms with E-state index in [9.17, 15) is 0 Å². The van der Waals surface area contributed by atoms with Gasteiger partial charge in [0.15, 0.2) is 0 Å². The molecule has 0 amide bonds. The van der Waals surface area contributed by atoms with Gasteiger partial charge in [0.2, 0.25) is 0 Å². The van der Waals surface area contributed by atoms with Crippen molar-refractivity contribution in [2.24, 2.45) is 0 Å². The molecule has 0 bridgehead atoms. The summed E-state index contributed by atoms with van der Waals surface area (Å²) in [5, 5.41) is 10.7. The molecule has 186 valence electrons. The van der Waals surface area contributed by atoms with Gasteiger partial charge in [0.05, 0.1) is 11.6 Å². The van der Waals surface area contributed by atoms with Crippen molar-refractivity contribution in [1.82, 2.24) is 0 Å². The Morgan fingerprint density at radius 3 is 1.85 bits per heavy atom. The number of fused-ring (bicyclic) bond motifs is 8. The number of benzene rings is 7. The van der Waals surface area contributed by atoms with E-state index in [0.717, 1.165) is 38.5 Å². The Labute approximate surface area is 229 Å². The summed E-state index contributed by atoms with van der Waals surface area (Å²) in [4.78, 5) is 0. The average molecular weight is 511 g/mol. The summed E-state index contributed by atoms with van der Waals surface area (Å²) < 4.78 is 12.2. The predicted molar refractivity (Wildman–Crippen MR) is 167 cm³/mol. The maximum atomic E-state index is 6.25. The van der Waals surface area contributed by atoms with Crippen LogP contribution in [0, 0.1) is 0 Å². The van der Waals surface area contributed by atoms with Crippen molar-refractivity contribution >= 4 is 65.2 Å². The third-order valence-corrected chi connectivity index (χ3v) is 8.33. The maximum Gasteiger partial charge on any atom is 0.145 e. The molecule has 0 saturated carbocycles. The molecule has 0 spiro atoms. The van der Waals surface area contributed by atoms with Gasteiger partial charge in [-0.2, -0.15) is 0 Å². The Hall–Kier alpha value is -5.34. The van der Waals surface area contributed by atoms with Crippen LogP contribution in [0.25, 0.3) is 87.5 Å². The molecular formula is C38H22O2. The van der Waals surface area contributed by atoms with E-state index in [0.29, 0.717) is 0 Å². The Kier molecular flexibility index (Phi) is 4.36. The van der Waals surface area contributed by atoms with Crippen LogP contribution in [-0.4, -0.2) is 0 Å². The second-order valence-corrected chi connectivity index (χ2v) is 10.5. The van der Waals surface area contributed by atoms with Gasteiger partial charge in [0.25, 0.3) is 0 Å². The minimum atomic E-state index is 0.843. The third-order valence-electron chi connectivity index (χ3n) is 8.33. The van der Waals surface area contributed by atoms with Crippen molar-refractivity contribution < 1.29 is 8.83 Å². The van der Waals surface area contributed by atoms with Crippen LogP contribution in [0.15, 0.2) is 142 Å². The summed E-state index contributed by atoms with van der Waals surface area (Å²) in [6.07, 6.45) is 1.75. The van der Waals surface area contributed by atoms with Crippen LogP contribution >= 0.6 is 0 Å². The lowest BCUT2D eigenvalue weighted by molar-refractivity contribution is 0.618. The number of furan rings is 2. The quantitative estimate of drug-likeness (QED) is 0.216. The summed E-state index contributed by atoms with van der Waals surface area (Å²) in [5.74, 6) is 0. The summed E-state index contributed by atoms with van der Waals surface area (Å²) >= 11 is 0. The van der Waals surface area contributed by atoms with Crippen molar-refractivity contribution in [3.8, 4) is 22.3 Å². The van der Waals surface area contributed by atoms with Crippen LogP contribution in [0.5, 0.6) is 0 Å². The molecule has 7 aromatic carbocycles. The predicted octanol–water partition coefficient (Wildman–Crippen LogP) is 11.1. The fourth-order valence-corrected chi connectivity index (χ4v) is 6.62. The Bertz CT molecular complexity index is 2370. The van der Waals surface area contributed by atoms with Gasteiger partial charge in [-0.3, -0.25) is 0 Å². The molecule has 0 atom stereocenters. The Morgan fingerprint density at radius 1 is 0.425 bits per heavy atom. The van der Waals surface area contributed by atoms with E-state index in [-0.39, 0.29) is 0 Å². The van der Waals surface area contributed by atoms with E-state index < -0.39 is 0 Å². The monoisotopic (exact) mass is 510 g/mol. The van der Waals surface area contributed by atoms with Gasteiger partial charge in [-0.1, -0.05) is 97.1 Å². The van der Waals surface area contributed by atoms with E-state index in [1.807, 2.05) is 12.1 Å². The molecule has 9 aromatic rings. The van der Waals surface area contributed by atoms with E-state index in [1.165, 1.54) is 49.0 Å². The molecule has 2 heterocycles. The van der Waals surface area contributed by atoms with Gasteiger partial charge in [0.1, 0.15) is 16.7 Å². The lowest BCUT2D eigenvalue weighted by Gasteiger charge is -2.18. The molecule has 0 aliphatic rings. The van der Waals surface area contributed by atoms with Crippen LogP contribution < -0.4 is 0 Å². The molecule has 2 nitrogen and oxygen atoms in total. The standard InChI is InChI=1S/C38H22O2/c1-2-10-26-23(8-1)9-7-15-27(26)36-30-13-5-3-11-28(30)35(29-12-4-6-14-31(29)36)25-17-18-33-32(22-25)37-34(40-33)19-16-24-20-21-39-38(24)37/h1-22H. The molecule has 0 saturated heterocycles. The molecule has 0 aliphatic heterocycles. The fraction of sp³-hybridized carbons (Fsp3) is 0. The fourth-order valence-electron chi connectivity index (χ4n) is 6.62. The van der Waals surface area contributed by atoms with E-state index >= 15 is 0 Å². The molecular weight excluding hydrogens is 488 g/mol. The van der Waals surface area contributed by atoms with Crippen molar-refractivity contribution in [3.05, 3.63) is 134 Å². The second-order valence-electron chi connectivity index (χ2n) is 10.5. The first-order valence-corrected chi connectivity index (χ1v) is 13.6. The van der Waals surface area contributed by atoms with Crippen molar-refractivity contribution in [2.75, 3.05) is 0 Å². The van der Waals surface area contributed by atoms with Crippen molar-refractivity contribution in [1.29, 1.82) is 0 Å². The van der Waals surface area contributed by atoms with Gasteiger partial charge in [-0.05, 0) is 84.9 Å². The molecule has 2 heteroatoms. The first kappa shape index (κ1) is 21.6. The van der Waals surface area contributed by atoms with Crippen molar-refractivity contribution in [3.63, 3.8) is 0 Å². The Morgan fingerprint density at radius 2 is 1.07 bits per heavy atom. The lowest BCUT2D eigenvalue weighted by atomic mass is 9.84. The lowest BCUT2D eigenvalue weighted by Crippen LogP contribution is -1.91. The molecule has 0 unspecified atom stereocenters. The summed E-state index contributed by atoms with van der Waals surface area (Å²) in [6, 6.07) is 45.6. The zero-order valence-corrected chi connectivity index (χ0v) is 21.5. The van der Waals surface area contributed by atoms with Crippen LogP contribution in [0.4, 0.5) is 0 Å². The van der Waals surface area contributed by atoms with E-state index in [4.69, 9.17) is 8.83 Å². The van der Waals surface area contributed by atoms with Gasteiger partial charge in [-0.15, -0.1) is 0 Å². The highest BCUT2D eigenvalue weighted by Crippen LogP contribution is 2.46. The van der Waals surface area contributed by atoms with E-state index in [2.05, 4.69) is 115 Å². The van der Waals surface area contributed by atoms with Crippen molar-refractivity contribution in [2.45, 2.75) is 0 Å². The number of hydrogen-bond donors (Lipinski definition) is 0. The minimum Gasteiger partial charge on any atom is -0.464 e. The molecule has 0 radical (unpaired) electrons. The smallest absolute Gasteiger partial charge is 0.145 e. The normalized spacial score (nSPS) is 12.0. The number of rotatable bonds is 2. The second kappa shape index (κ2) is 8.08. The number of hydrogen-bond acceptors (Lipinski definition) is 2. The maximum absolute atomic E-state index is 6.25. The summed E-state index contributed by atoms with van der Waals surface area (Å²) in [7, 11) is 0. The van der Waals surface area contributed by atoms with Crippen LogP contribution in [0.3, 0.4) is 0 Å². The topological polar surface area (TPSA) is 26.3 Å². The first-order valence-electron chi connectivity index (χ1n) is 13.6. The summed E-state index contributed by atoms with van der Waals surface area (Å²) in [6.45, 7) is 0. The largest absolute Gasteiger partial charge is 0.464 e. The summed E-state index contributed by atoms with van der Waals surface area (Å²) in [5.41, 5.74) is 7.51. The molecule has 2 aromatic heterocycles. The van der Waals surface area contributed by atoms with Gasteiger partial charge in [0, 0.05) is 10.8 Å². The van der Waals surface area contributed by atoms with Crippen LogP contribution in [0.1, 0.15) is 0 Å². The average Bonchev–Trinajstić information content (AvgIpc) is 3.63.